The normalized spacial score (nSPS) is 20.2. The van der Waals surface area contributed by atoms with Gasteiger partial charge in [-0.15, -0.1) is 10.2 Å². The number of hydrogen-bond acceptors (Lipinski definition) is 4. The molecule has 1 N–H and O–H groups in total. The highest BCUT2D eigenvalue weighted by atomic mass is 32.1. The molecule has 1 aromatic heterocycles. The van der Waals surface area contributed by atoms with Gasteiger partial charge in [-0.3, -0.25) is 4.79 Å². The highest BCUT2D eigenvalue weighted by Crippen LogP contribution is 2.21. The van der Waals surface area contributed by atoms with E-state index in [0.717, 1.165) is 24.3 Å². The minimum Gasteiger partial charge on any atom is -0.300 e. The Morgan fingerprint density at radius 3 is 3.00 bits per heavy atom. The summed E-state index contributed by atoms with van der Waals surface area (Å²) in [6, 6.07) is 0. The fourth-order valence-corrected chi connectivity index (χ4v) is 2.18. The number of aromatic nitrogens is 2. The van der Waals surface area contributed by atoms with Gasteiger partial charge in [0, 0.05) is 5.92 Å². The van der Waals surface area contributed by atoms with Crippen LogP contribution in [0, 0.1) is 12.8 Å². The largest absolute Gasteiger partial charge is 0.300 e. The summed E-state index contributed by atoms with van der Waals surface area (Å²) in [5.41, 5.74) is 0. The van der Waals surface area contributed by atoms with E-state index >= 15 is 0 Å². The van der Waals surface area contributed by atoms with E-state index in [9.17, 15) is 4.79 Å². The molecule has 0 spiro atoms. The number of allylic oxidation sites excluding steroid dienone is 2. The van der Waals surface area contributed by atoms with E-state index in [-0.39, 0.29) is 11.8 Å². The molecule has 1 amide bonds. The lowest BCUT2D eigenvalue weighted by Crippen LogP contribution is -2.23. The van der Waals surface area contributed by atoms with E-state index in [0.29, 0.717) is 5.13 Å². The van der Waals surface area contributed by atoms with Crippen molar-refractivity contribution in [2.24, 2.45) is 5.92 Å². The van der Waals surface area contributed by atoms with Crippen LogP contribution in [0.25, 0.3) is 0 Å². The van der Waals surface area contributed by atoms with Gasteiger partial charge >= 0.3 is 0 Å². The van der Waals surface area contributed by atoms with Crippen molar-refractivity contribution in [1.29, 1.82) is 0 Å². The number of anilines is 1. The van der Waals surface area contributed by atoms with E-state index in [1.807, 2.05) is 6.92 Å². The molecule has 1 atom stereocenters. The predicted molar refractivity (Wildman–Crippen MR) is 59.8 cm³/mol. The smallest absolute Gasteiger partial charge is 0.229 e. The SMILES string of the molecule is Cc1nnc(NC(=O)C2CC=CCC2)s1. The third kappa shape index (κ3) is 2.62. The van der Waals surface area contributed by atoms with Crippen molar-refractivity contribution < 1.29 is 4.79 Å². The fraction of sp³-hybridized carbons (Fsp3) is 0.500. The van der Waals surface area contributed by atoms with E-state index in [2.05, 4.69) is 27.7 Å². The van der Waals surface area contributed by atoms with Crippen LogP contribution in [0.4, 0.5) is 5.13 Å². The number of carbonyl (C=O) groups is 1. The van der Waals surface area contributed by atoms with Crippen molar-refractivity contribution in [3.8, 4) is 0 Å². The average Bonchev–Trinajstić information content (AvgIpc) is 2.65. The first-order valence-corrected chi connectivity index (χ1v) is 5.83. The molecule has 0 saturated heterocycles. The Hall–Kier alpha value is -1.23. The molecule has 0 saturated carbocycles. The van der Waals surface area contributed by atoms with Crippen LogP contribution in [0.3, 0.4) is 0 Å². The molecule has 5 heteroatoms. The van der Waals surface area contributed by atoms with Crippen molar-refractivity contribution >= 4 is 22.4 Å². The van der Waals surface area contributed by atoms with Gasteiger partial charge in [0.2, 0.25) is 11.0 Å². The molecule has 0 bridgehead atoms. The molecule has 1 aromatic rings. The molecular formula is C10H13N3OS. The van der Waals surface area contributed by atoms with Gasteiger partial charge in [0.1, 0.15) is 5.01 Å². The molecule has 0 aromatic carbocycles. The van der Waals surface area contributed by atoms with Crippen LogP contribution in [-0.2, 0) is 4.79 Å². The van der Waals surface area contributed by atoms with Crippen LogP contribution >= 0.6 is 11.3 Å². The zero-order valence-electron chi connectivity index (χ0n) is 8.56. The lowest BCUT2D eigenvalue weighted by Gasteiger charge is -2.15. The molecule has 2 rings (SSSR count). The van der Waals surface area contributed by atoms with Crippen LogP contribution in [0.1, 0.15) is 24.3 Å². The summed E-state index contributed by atoms with van der Waals surface area (Å²) >= 11 is 1.41. The van der Waals surface area contributed by atoms with Gasteiger partial charge < -0.3 is 5.32 Å². The van der Waals surface area contributed by atoms with Gasteiger partial charge in [0.15, 0.2) is 0 Å². The molecule has 15 heavy (non-hydrogen) atoms. The first-order chi connectivity index (χ1) is 7.25. The highest BCUT2D eigenvalue weighted by Gasteiger charge is 2.19. The van der Waals surface area contributed by atoms with Gasteiger partial charge in [-0.05, 0) is 26.2 Å². The lowest BCUT2D eigenvalue weighted by atomic mass is 9.94. The Kier molecular flexibility index (Phi) is 3.11. The van der Waals surface area contributed by atoms with E-state index < -0.39 is 0 Å². The number of hydrogen-bond donors (Lipinski definition) is 1. The monoisotopic (exact) mass is 223 g/mol. The number of rotatable bonds is 2. The van der Waals surface area contributed by atoms with Gasteiger partial charge in [0.05, 0.1) is 0 Å². The molecular weight excluding hydrogens is 210 g/mol. The maximum Gasteiger partial charge on any atom is 0.229 e. The van der Waals surface area contributed by atoms with Crippen LogP contribution in [0.5, 0.6) is 0 Å². The third-order valence-corrected chi connectivity index (χ3v) is 3.15. The summed E-state index contributed by atoms with van der Waals surface area (Å²) in [6.07, 6.45) is 6.95. The van der Waals surface area contributed by atoms with Crippen LogP contribution in [0.15, 0.2) is 12.2 Å². The predicted octanol–water partition coefficient (Wildman–Crippen LogP) is 2.14. The van der Waals surface area contributed by atoms with Crippen molar-refractivity contribution in [2.75, 3.05) is 5.32 Å². The number of nitrogens with zero attached hydrogens (tertiary/aromatic N) is 2. The minimum atomic E-state index is 0.0653. The van der Waals surface area contributed by atoms with Gasteiger partial charge in [-0.2, -0.15) is 0 Å². The molecule has 0 radical (unpaired) electrons. The Labute approximate surface area is 92.4 Å². The Morgan fingerprint density at radius 1 is 1.53 bits per heavy atom. The van der Waals surface area contributed by atoms with Crippen molar-refractivity contribution in [2.45, 2.75) is 26.2 Å². The maximum atomic E-state index is 11.8. The summed E-state index contributed by atoms with van der Waals surface area (Å²) in [7, 11) is 0. The zero-order chi connectivity index (χ0) is 10.7. The summed E-state index contributed by atoms with van der Waals surface area (Å²) in [4.78, 5) is 11.8. The Balaban J connectivity index is 1.94. The van der Waals surface area contributed by atoms with E-state index in [1.54, 1.807) is 0 Å². The highest BCUT2D eigenvalue weighted by molar-refractivity contribution is 7.15. The molecule has 0 fully saturated rings. The molecule has 80 valence electrons. The first-order valence-electron chi connectivity index (χ1n) is 5.01. The number of aryl methyl sites for hydroxylation is 1. The number of nitrogens with one attached hydrogen (secondary N) is 1. The second kappa shape index (κ2) is 4.53. The van der Waals surface area contributed by atoms with Crippen molar-refractivity contribution in [3.63, 3.8) is 0 Å². The second-order valence-corrected chi connectivity index (χ2v) is 4.78. The number of amides is 1. The summed E-state index contributed by atoms with van der Waals surface area (Å²) in [5.74, 6) is 0.162. The second-order valence-electron chi connectivity index (χ2n) is 3.60. The van der Waals surface area contributed by atoms with Crippen LogP contribution in [0.2, 0.25) is 0 Å². The van der Waals surface area contributed by atoms with Crippen LogP contribution < -0.4 is 5.32 Å². The third-order valence-electron chi connectivity index (χ3n) is 2.40. The zero-order valence-corrected chi connectivity index (χ0v) is 9.38. The summed E-state index contributed by atoms with van der Waals surface area (Å²) in [5, 5.41) is 12.0. The van der Waals surface area contributed by atoms with Crippen molar-refractivity contribution in [3.05, 3.63) is 17.2 Å². The molecule has 4 nitrogen and oxygen atoms in total. The van der Waals surface area contributed by atoms with E-state index in [4.69, 9.17) is 0 Å². The van der Waals surface area contributed by atoms with Crippen molar-refractivity contribution in [1.82, 2.24) is 10.2 Å². The average molecular weight is 223 g/mol. The summed E-state index contributed by atoms with van der Waals surface area (Å²) < 4.78 is 0. The topological polar surface area (TPSA) is 54.9 Å². The molecule has 0 aliphatic heterocycles. The fourth-order valence-electron chi connectivity index (χ4n) is 1.59. The van der Waals surface area contributed by atoms with Gasteiger partial charge in [-0.1, -0.05) is 23.5 Å². The minimum absolute atomic E-state index is 0.0653. The molecule has 1 aliphatic rings. The first kappa shape index (κ1) is 10.3. The Morgan fingerprint density at radius 2 is 2.40 bits per heavy atom. The standard InChI is InChI=1S/C10H13N3OS/c1-7-12-13-10(15-7)11-9(14)8-5-3-2-4-6-8/h2-3,8H,4-6H2,1H3,(H,11,13,14). The van der Waals surface area contributed by atoms with Gasteiger partial charge in [-0.25, -0.2) is 0 Å². The maximum absolute atomic E-state index is 11.8. The quantitative estimate of drug-likeness (QED) is 0.781. The molecule has 1 aliphatic carbocycles. The number of carbonyl (C=O) groups excluding carboxylic acids is 1. The van der Waals surface area contributed by atoms with Crippen LogP contribution in [-0.4, -0.2) is 16.1 Å². The lowest BCUT2D eigenvalue weighted by molar-refractivity contribution is -0.120. The van der Waals surface area contributed by atoms with E-state index in [1.165, 1.54) is 11.3 Å². The molecule has 1 unspecified atom stereocenters. The summed E-state index contributed by atoms with van der Waals surface area (Å²) in [6.45, 7) is 1.87. The molecule has 1 heterocycles. The van der Waals surface area contributed by atoms with Gasteiger partial charge in [0.25, 0.3) is 0 Å². The Bertz CT molecular complexity index is 386.